The lowest BCUT2D eigenvalue weighted by atomic mass is 10.1. The van der Waals surface area contributed by atoms with E-state index in [1.54, 1.807) is 30.1 Å². The Bertz CT molecular complexity index is 625. The van der Waals surface area contributed by atoms with Gasteiger partial charge in [-0.1, -0.05) is 24.3 Å². The summed E-state index contributed by atoms with van der Waals surface area (Å²) in [6, 6.07) is 12.6. The number of aryl methyl sites for hydroxylation is 1. The second-order valence-corrected chi connectivity index (χ2v) is 5.32. The Morgan fingerprint density at radius 1 is 0.955 bits per heavy atom. The third kappa shape index (κ3) is 4.95. The smallest absolute Gasteiger partial charge is 0.222 e. The van der Waals surface area contributed by atoms with Gasteiger partial charge in [0.1, 0.15) is 11.6 Å². The SMILES string of the molecule is CN(CCc1ccc(F)cc1)C(=O)CCc1cccc(F)c1. The van der Waals surface area contributed by atoms with Crippen LogP contribution >= 0.6 is 0 Å². The lowest BCUT2D eigenvalue weighted by Gasteiger charge is -2.17. The quantitative estimate of drug-likeness (QED) is 0.798. The van der Waals surface area contributed by atoms with E-state index in [1.165, 1.54) is 24.3 Å². The third-order valence-corrected chi connectivity index (χ3v) is 3.59. The summed E-state index contributed by atoms with van der Waals surface area (Å²) in [7, 11) is 1.75. The number of carbonyl (C=O) groups is 1. The van der Waals surface area contributed by atoms with Crippen LogP contribution in [0.4, 0.5) is 8.78 Å². The number of likely N-dealkylation sites (N-methyl/N-ethyl adjacent to an activating group) is 1. The Balaban J connectivity index is 1.78. The minimum atomic E-state index is -0.283. The van der Waals surface area contributed by atoms with Crippen molar-refractivity contribution in [2.24, 2.45) is 0 Å². The van der Waals surface area contributed by atoms with Crippen molar-refractivity contribution in [2.75, 3.05) is 13.6 Å². The number of amides is 1. The summed E-state index contributed by atoms with van der Waals surface area (Å²) in [6.45, 7) is 0.577. The summed E-state index contributed by atoms with van der Waals surface area (Å²) < 4.78 is 25.9. The molecule has 0 N–H and O–H groups in total. The number of benzene rings is 2. The summed E-state index contributed by atoms with van der Waals surface area (Å²) >= 11 is 0. The van der Waals surface area contributed by atoms with Gasteiger partial charge < -0.3 is 4.90 Å². The molecular formula is C18H19F2NO. The predicted octanol–water partition coefficient (Wildman–Crippen LogP) is 3.60. The maximum atomic E-state index is 13.1. The van der Waals surface area contributed by atoms with E-state index in [9.17, 15) is 13.6 Å². The number of nitrogens with zero attached hydrogens (tertiary/aromatic N) is 1. The zero-order valence-electron chi connectivity index (χ0n) is 12.6. The second-order valence-electron chi connectivity index (χ2n) is 5.32. The van der Waals surface area contributed by atoms with E-state index in [-0.39, 0.29) is 17.5 Å². The van der Waals surface area contributed by atoms with Gasteiger partial charge in [-0.15, -0.1) is 0 Å². The van der Waals surface area contributed by atoms with Crippen LogP contribution < -0.4 is 0 Å². The highest BCUT2D eigenvalue weighted by molar-refractivity contribution is 5.76. The van der Waals surface area contributed by atoms with Gasteiger partial charge in [-0.05, 0) is 48.2 Å². The zero-order valence-corrected chi connectivity index (χ0v) is 12.6. The van der Waals surface area contributed by atoms with Crippen LogP contribution in [0.3, 0.4) is 0 Å². The van der Waals surface area contributed by atoms with Gasteiger partial charge in [0.05, 0.1) is 0 Å². The van der Waals surface area contributed by atoms with Crippen molar-refractivity contribution < 1.29 is 13.6 Å². The predicted molar refractivity (Wildman–Crippen MR) is 82.5 cm³/mol. The Morgan fingerprint density at radius 2 is 1.68 bits per heavy atom. The van der Waals surface area contributed by atoms with Crippen molar-refractivity contribution in [3.63, 3.8) is 0 Å². The molecular weight excluding hydrogens is 284 g/mol. The molecule has 0 aliphatic rings. The first kappa shape index (κ1) is 16.1. The molecule has 2 nitrogen and oxygen atoms in total. The van der Waals surface area contributed by atoms with Gasteiger partial charge in [0.15, 0.2) is 0 Å². The summed E-state index contributed by atoms with van der Waals surface area (Å²) in [5, 5.41) is 0. The van der Waals surface area contributed by atoms with E-state index in [0.29, 0.717) is 25.8 Å². The minimum absolute atomic E-state index is 0.0198. The van der Waals surface area contributed by atoms with E-state index < -0.39 is 0 Å². The zero-order chi connectivity index (χ0) is 15.9. The second kappa shape index (κ2) is 7.69. The molecule has 22 heavy (non-hydrogen) atoms. The summed E-state index contributed by atoms with van der Waals surface area (Å²) in [5.74, 6) is -0.524. The summed E-state index contributed by atoms with van der Waals surface area (Å²) in [4.78, 5) is 13.7. The Labute approximate surface area is 129 Å². The molecule has 0 aliphatic heterocycles. The van der Waals surface area contributed by atoms with Crippen LogP contribution in [0.5, 0.6) is 0 Å². The van der Waals surface area contributed by atoms with E-state index in [4.69, 9.17) is 0 Å². The van der Waals surface area contributed by atoms with Crippen LogP contribution in [-0.4, -0.2) is 24.4 Å². The molecule has 2 rings (SSSR count). The first-order chi connectivity index (χ1) is 10.5. The van der Waals surface area contributed by atoms with Crippen LogP contribution in [0.15, 0.2) is 48.5 Å². The molecule has 0 aliphatic carbocycles. The van der Waals surface area contributed by atoms with Gasteiger partial charge in [0.25, 0.3) is 0 Å². The number of hydrogen-bond donors (Lipinski definition) is 0. The topological polar surface area (TPSA) is 20.3 Å². The maximum Gasteiger partial charge on any atom is 0.222 e. The molecule has 0 heterocycles. The first-order valence-electron chi connectivity index (χ1n) is 7.27. The Kier molecular flexibility index (Phi) is 5.64. The van der Waals surface area contributed by atoms with Gasteiger partial charge in [0, 0.05) is 20.0 Å². The van der Waals surface area contributed by atoms with Crippen molar-refractivity contribution >= 4 is 5.91 Å². The van der Waals surface area contributed by atoms with Crippen LogP contribution in [0, 0.1) is 11.6 Å². The van der Waals surface area contributed by atoms with Crippen LogP contribution in [0.1, 0.15) is 17.5 Å². The van der Waals surface area contributed by atoms with E-state index in [2.05, 4.69) is 0 Å². The monoisotopic (exact) mass is 303 g/mol. The molecule has 0 fully saturated rings. The van der Waals surface area contributed by atoms with Crippen molar-refractivity contribution in [2.45, 2.75) is 19.3 Å². The molecule has 116 valence electrons. The number of hydrogen-bond acceptors (Lipinski definition) is 1. The standard InChI is InChI=1S/C18H19F2NO/c1-21(12-11-14-5-8-16(19)9-6-14)18(22)10-7-15-3-2-4-17(20)13-15/h2-6,8-9,13H,7,10-12H2,1H3. The van der Waals surface area contributed by atoms with Crippen molar-refractivity contribution in [1.29, 1.82) is 0 Å². The lowest BCUT2D eigenvalue weighted by molar-refractivity contribution is -0.129. The highest BCUT2D eigenvalue weighted by Crippen LogP contribution is 2.08. The van der Waals surface area contributed by atoms with Crippen LogP contribution in [0.2, 0.25) is 0 Å². The van der Waals surface area contributed by atoms with E-state index in [1.807, 2.05) is 6.07 Å². The molecule has 0 atom stereocenters. The van der Waals surface area contributed by atoms with E-state index >= 15 is 0 Å². The lowest BCUT2D eigenvalue weighted by Crippen LogP contribution is -2.29. The fourth-order valence-corrected chi connectivity index (χ4v) is 2.21. The van der Waals surface area contributed by atoms with Gasteiger partial charge in [-0.3, -0.25) is 4.79 Å². The molecule has 0 bridgehead atoms. The van der Waals surface area contributed by atoms with E-state index in [0.717, 1.165) is 11.1 Å². The fourth-order valence-electron chi connectivity index (χ4n) is 2.21. The molecule has 0 saturated heterocycles. The number of halogens is 2. The van der Waals surface area contributed by atoms with Gasteiger partial charge in [0.2, 0.25) is 5.91 Å². The number of carbonyl (C=O) groups excluding carboxylic acids is 1. The van der Waals surface area contributed by atoms with Gasteiger partial charge in [-0.25, -0.2) is 8.78 Å². The Hall–Kier alpha value is -2.23. The molecule has 0 aromatic heterocycles. The summed E-state index contributed by atoms with van der Waals surface area (Å²) in [6.07, 6.45) is 1.56. The Morgan fingerprint density at radius 3 is 2.36 bits per heavy atom. The molecule has 0 unspecified atom stereocenters. The average molecular weight is 303 g/mol. The third-order valence-electron chi connectivity index (χ3n) is 3.59. The minimum Gasteiger partial charge on any atom is -0.345 e. The fraction of sp³-hybridized carbons (Fsp3) is 0.278. The molecule has 1 amide bonds. The molecule has 2 aromatic rings. The van der Waals surface area contributed by atoms with Crippen molar-refractivity contribution in [1.82, 2.24) is 4.90 Å². The average Bonchev–Trinajstić information content (AvgIpc) is 2.52. The van der Waals surface area contributed by atoms with Crippen LogP contribution in [0.25, 0.3) is 0 Å². The highest BCUT2D eigenvalue weighted by atomic mass is 19.1. The molecule has 0 spiro atoms. The number of rotatable bonds is 6. The molecule has 0 saturated carbocycles. The molecule has 0 radical (unpaired) electrons. The van der Waals surface area contributed by atoms with Crippen molar-refractivity contribution in [3.05, 3.63) is 71.3 Å². The van der Waals surface area contributed by atoms with Gasteiger partial charge in [-0.2, -0.15) is 0 Å². The van der Waals surface area contributed by atoms with Crippen LogP contribution in [-0.2, 0) is 17.6 Å². The normalized spacial score (nSPS) is 10.5. The molecule has 4 heteroatoms. The molecule has 2 aromatic carbocycles. The van der Waals surface area contributed by atoms with Crippen molar-refractivity contribution in [3.8, 4) is 0 Å². The highest BCUT2D eigenvalue weighted by Gasteiger charge is 2.09. The first-order valence-corrected chi connectivity index (χ1v) is 7.27. The summed E-state index contributed by atoms with van der Waals surface area (Å²) in [5.41, 5.74) is 1.81. The maximum absolute atomic E-state index is 13.1. The largest absolute Gasteiger partial charge is 0.345 e. The van der Waals surface area contributed by atoms with Gasteiger partial charge >= 0.3 is 0 Å².